The van der Waals surface area contributed by atoms with Crippen molar-refractivity contribution in [2.24, 2.45) is 0 Å². The zero-order valence-electron chi connectivity index (χ0n) is 11.9. The van der Waals surface area contributed by atoms with Crippen LogP contribution in [0.25, 0.3) is 0 Å². The Hall–Kier alpha value is -2.08. The Labute approximate surface area is 118 Å². The van der Waals surface area contributed by atoms with Crippen LogP contribution in [0.1, 0.15) is 20.8 Å². The lowest BCUT2D eigenvalue weighted by Crippen LogP contribution is -2.49. The summed E-state index contributed by atoms with van der Waals surface area (Å²) in [6.07, 6.45) is 0. The van der Waals surface area contributed by atoms with Crippen molar-refractivity contribution >= 4 is 17.6 Å². The third-order valence-corrected chi connectivity index (χ3v) is 2.66. The van der Waals surface area contributed by atoms with E-state index < -0.39 is 11.5 Å². The van der Waals surface area contributed by atoms with Gasteiger partial charge in [-0.3, -0.25) is 4.79 Å². The molecule has 6 heteroatoms. The minimum Gasteiger partial charge on any atom is -0.482 e. The van der Waals surface area contributed by atoms with Gasteiger partial charge >= 0.3 is 5.97 Å². The molecule has 0 aromatic heterocycles. The van der Waals surface area contributed by atoms with E-state index in [9.17, 15) is 9.59 Å². The zero-order chi connectivity index (χ0) is 15.2. The van der Waals surface area contributed by atoms with Gasteiger partial charge in [0.2, 0.25) is 5.91 Å². The molecule has 0 bridgehead atoms. The van der Waals surface area contributed by atoms with E-state index in [1.54, 1.807) is 38.1 Å². The minimum absolute atomic E-state index is 0.140. The first-order chi connectivity index (χ1) is 9.35. The molecule has 0 saturated heterocycles. The molecule has 0 spiro atoms. The van der Waals surface area contributed by atoms with E-state index in [2.05, 4.69) is 10.6 Å². The van der Waals surface area contributed by atoms with Crippen molar-refractivity contribution in [3.8, 4) is 5.75 Å². The van der Waals surface area contributed by atoms with Gasteiger partial charge in [-0.1, -0.05) is 6.92 Å². The second kappa shape index (κ2) is 6.91. The van der Waals surface area contributed by atoms with Crippen LogP contribution >= 0.6 is 0 Å². The van der Waals surface area contributed by atoms with Crippen LogP contribution in [0.15, 0.2) is 24.3 Å². The number of benzene rings is 1. The largest absolute Gasteiger partial charge is 0.482 e. The van der Waals surface area contributed by atoms with Crippen molar-refractivity contribution in [3.05, 3.63) is 24.3 Å². The predicted octanol–water partition coefficient (Wildman–Crippen LogP) is 1.48. The molecular formula is C14H20N2O4. The number of amides is 1. The average Bonchev–Trinajstić information content (AvgIpc) is 2.37. The van der Waals surface area contributed by atoms with Gasteiger partial charge in [-0.15, -0.1) is 0 Å². The Morgan fingerprint density at radius 2 is 1.85 bits per heavy atom. The first kappa shape index (κ1) is 16.0. The van der Waals surface area contributed by atoms with Crippen LogP contribution < -0.4 is 15.4 Å². The minimum atomic E-state index is -1.03. The molecule has 110 valence electrons. The Bertz CT molecular complexity index is 469. The second-order valence-electron chi connectivity index (χ2n) is 4.82. The van der Waals surface area contributed by atoms with E-state index in [4.69, 9.17) is 9.84 Å². The maximum Gasteiger partial charge on any atom is 0.341 e. The number of ether oxygens (including phenoxy) is 1. The molecule has 3 N–H and O–H groups in total. The molecule has 1 aromatic rings. The van der Waals surface area contributed by atoms with Gasteiger partial charge in [0.1, 0.15) is 5.75 Å². The standard InChI is InChI=1S/C14H20N2O4/c1-4-15-14(2,3)13(19)16-10-5-7-11(8-6-10)20-9-12(17)18/h5-8,15H,4,9H2,1-3H3,(H,16,19)(H,17,18). The maximum atomic E-state index is 12.0. The average molecular weight is 280 g/mol. The first-order valence-electron chi connectivity index (χ1n) is 6.36. The molecule has 0 aliphatic rings. The van der Waals surface area contributed by atoms with Crippen LogP contribution in [0.3, 0.4) is 0 Å². The highest BCUT2D eigenvalue weighted by atomic mass is 16.5. The summed E-state index contributed by atoms with van der Waals surface area (Å²) in [6.45, 7) is 5.84. The number of carbonyl (C=O) groups excluding carboxylic acids is 1. The Morgan fingerprint density at radius 3 is 2.35 bits per heavy atom. The van der Waals surface area contributed by atoms with Crippen molar-refractivity contribution < 1.29 is 19.4 Å². The SMILES string of the molecule is CCNC(C)(C)C(=O)Nc1ccc(OCC(=O)O)cc1. The summed E-state index contributed by atoms with van der Waals surface area (Å²) < 4.78 is 5.01. The zero-order valence-corrected chi connectivity index (χ0v) is 11.9. The van der Waals surface area contributed by atoms with E-state index in [0.29, 0.717) is 18.0 Å². The maximum absolute atomic E-state index is 12.0. The molecule has 0 fully saturated rings. The van der Waals surface area contributed by atoms with E-state index in [-0.39, 0.29) is 12.5 Å². The monoisotopic (exact) mass is 280 g/mol. The number of likely N-dealkylation sites (N-methyl/N-ethyl adjacent to an activating group) is 1. The normalized spacial score (nSPS) is 10.9. The summed E-state index contributed by atoms with van der Waals surface area (Å²) in [5, 5.41) is 14.4. The highest BCUT2D eigenvalue weighted by Crippen LogP contribution is 2.17. The third-order valence-electron chi connectivity index (χ3n) is 2.66. The topological polar surface area (TPSA) is 87.7 Å². The van der Waals surface area contributed by atoms with Gasteiger partial charge < -0.3 is 20.5 Å². The second-order valence-corrected chi connectivity index (χ2v) is 4.82. The smallest absolute Gasteiger partial charge is 0.341 e. The fraction of sp³-hybridized carbons (Fsp3) is 0.429. The number of hydrogen-bond donors (Lipinski definition) is 3. The first-order valence-corrected chi connectivity index (χ1v) is 6.36. The summed E-state index contributed by atoms with van der Waals surface area (Å²) in [6, 6.07) is 6.55. The fourth-order valence-electron chi connectivity index (χ4n) is 1.59. The van der Waals surface area contributed by atoms with Gasteiger partial charge in [-0.2, -0.15) is 0 Å². The number of carboxylic acids is 1. The number of carbonyl (C=O) groups is 2. The molecular weight excluding hydrogens is 260 g/mol. The molecule has 1 amide bonds. The Morgan fingerprint density at radius 1 is 1.25 bits per heavy atom. The van der Waals surface area contributed by atoms with E-state index in [1.165, 1.54) is 0 Å². The Kier molecular flexibility index (Phi) is 5.52. The van der Waals surface area contributed by atoms with Crippen molar-refractivity contribution in [3.63, 3.8) is 0 Å². The molecule has 20 heavy (non-hydrogen) atoms. The third kappa shape index (κ3) is 4.89. The molecule has 0 saturated carbocycles. The van der Waals surface area contributed by atoms with Gasteiger partial charge in [0.25, 0.3) is 0 Å². The highest BCUT2D eigenvalue weighted by molar-refractivity contribution is 5.97. The summed E-state index contributed by atoms with van der Waals surface area (Å²) >= 11 is 0. The van der Waals surface area contributed by atoms with Gasteiger partial charge in [0.05, 0.1) is 5.54 Å². The predicted molar refractivity (Wildman–Crippen MR) is 76.0 cm³/mol. The van der Waals surface area contributed by atoms with Crippen LogP contribution in [0, 0.1) is 0 Å². The summed E-state index contributed by atoms with van der Waals surface area (Å²) in [4.78, 5) is 22.4. The van der Waals surface area contributed by atoms with Gasteiger partial charge in [0, 0.05) is 5.69 Å². The van der Waals surface area contributed by atoms with E-state index >= 15 is 0 Å². The van der Waals surface area contributed by atoms with Crippen LogP contribution in [0.2, 0.25) is 0 Å². The van der Waals surface area contributed by atoms with Crippen LogP contribution in [0.5, 0.6) is 5.75 Å². The lowest BCUT2D eigenvalue weighted by molar-refractivity contribution is -0.139. The molecule has 0 aliphatic heterocycles. The van der Waals surface area contributed by atoms with Crippen LogP contribution in [-0.4, -0.2) is 35.7 Å². The highest BCUT2D eigenvalue weighted by Gasteiger charge is 2.25. The lowest BCUT2D eigenvalue weighted by atomic mass is 10.0. The van der Waals surface area contributed by atoms with Gasteiger partial charge in [-0.25, -0.2) is 4.79 Å². The number of aliphatic carboxylic acids is 1. The number of carboxylic acid groups (broad SMARTS) is 1. The van der Waals surface area contributed by atoms with Crippen molar-refractivity contribution in [2.75, 3.05) is 18.5 Å². The van der Waals surface area contributed by atoms with Crippen LogP contribution in [0.4, 0.5) is 5.69 Å². The number of nitrogens with one attached hydrogen (secondary N) is 2. The Balaban J connectivity index is 2.61. The van der Waals surface area contributed by atoms with Crippen molar-refractivity contribution in [1.29, 1.82) is 0 Å². The quantitative estimate of drug-likeness (QED) is 0.704. The molecule has 1 aromatic carbocycles. The van der Waals surface area contributed by atoms with Gasteiger partial charge in [-0.05, 0) is 44.7 Å². The summed E-state index contributed by atoms with van der Waals surface area (Å²) in [5.74, 6) is -0.732. The molecule has 6 nitrogen and oxygen atoms in total. The van der Waals surface area contributed by atoms with Crippen molar-refractivity contribution in [2.45, 2.75) is 26.3 Å². The van der Waals surface area contributed by atoms with E-state index in [1.807, 2.05) is 6.92 Å². The van der Waals surface area contributed by atoms with Crippen molar-refractivity contribution in [1.82, 2.24) is 5.32 Å². The molecule has 0 atom stereocenters. The van der Waals surface area contributed by atoms with Gasteiger partial charge in [0.15, 0.2) is 6.61 Å². The van der Waals surface area contributed by atoms with Crippen LogP contribution in [-0.2, 0) is 9.59 Å². The summed E-state index contributed by atoms with van der Waals surface area (Å²) in [7, 11) is 0. The number of hydrogen-bond acceptors (Lipinski definition) is 4. The van der Waals surface area contributed by atoms with E-state index in [0.717, 1.165) is 0 Å². The lowest BCUT2D eigenvalue weighted by Gasteiger charge is -2.24. The fourth-order valence-corrected chi connectivity index (χ4v) is 1.59. The molecule has 0 aliphatic carbocycles. The molecule has 1 rings (SSSR count). The summed E-state index contributed by atoms with van der Waals surface area (Å²) in [5.41, 5.74) is -0.0311. The molecule has 0 radical (unpaired) electrons. The molecule has 0 heterocycles. The number of rotatable bonds is 7. The molecule has 0 unspecified atom stereocenters. The number of anilines is 1.